The van der Waals surface area contributed by atoms with E-state index < -0.39 is 16.8 Å². The summed E-state index contributed by atoms with van der Waals surface area (Å²) >= 11 is 3.12. The molecule has 1 aromatic rings. The van der Waals surface area contributed by atoms with E-state index in [-0.39, 0.29) is 23.6 Å². The molecule has 1 rings (SSSR count). The van der Waals surface area contributed by atoms with E-state index in [9.17, 15) is 13.8 Å². The van der Waals surface area contributed by atoms with Crippen LogP contribution in [0, 0.1) is 0 Å². The maximum absolute atomic E-state index is 12.0. The lowest BCUT2D eigenvalue weighted by molar-refractivity contribution is -0.128. The first-order chi connectivity index (χ1) is 8.82. The molecule has 0 aliphatic rings. The van der Waals surface area contributed by atoms with Gasteiger partial charge < -0.3 is 10.0 Å². The molecule has 0 saturated heterocycles. The number of carboxylic acids is 1. The highest BCUT2D eigenvalue weighted by molar-refractivity contribution is 9.10. The van der Waals surface area contributed by atoms with Crippen LogP contribution in [0.3, 0.4) is 0 Å². The van der Waals surface area contributed by atoms with Crippen LogP contribution < -0.4 is 0 Å². The van der Waals surface area contributed by atoms with Crippen LogP contribution in [-0.4, -0.2) is 45.9 Å². The van der Waals surface area contributed by atoms with Crippen LogP contribution in [0.4, 0.5) is 0 Å². The van der Waals surface area contributed by atoms with Crippen LogP contribution in [0.2, 0.25) is 0 Å². The molecule has 1 aromatic carbocycles. The Hall–Kier alpha value is -1.21. The Morgan fingerprint density at radius 1 is 1.37 bits per heavy atom. The van der Waals surface area contributed by atoms with Gasteiger partial charge in [-0.2, -0.15) is 0 Å². The smallest absolute Gasteiger partial charge is 0.336 e. The minimum Gasteiger partial charge on any atom is -0.478 e. The van der Waals surface area contributed by atoms with Crippen LogP contribution in [0.1, 0.15) is 16.8 Å². The molecule has 0 saturated carbocycles. The van der Waals surface area contributed by atoms with Crippen molar-refractivity contribution in [1.29, 1.82) is 0 Å². The number of carboxylic acid groups (broad SMARTS) is 1. The van der Waals surface area contributed by atoms with Gasteiger partial charge in [-0.3, -0.25) is 9.00 Å². The lowest BCUT2D eigenvalue weighted by atomic mass is 10.2. The Balaban J connectivity index is 2.81. The molecule has 104 valence electrons. The van der Waals surface area contributed by atoms with Crippen molar-refractivity contribution < 1.29 is 18.9 Å². The summed E-state index contributed by atoms with van der Waals surface area (Å²) in [4.78, 5) is 24.2. The van der Waals surface area contributed by atoms with Gasteiger partial charge >= 0.3 is 5.97 Å². The number of hydrogen-bond acceptors (Lipinski definition) is 3. The van der Waals surface area contributed by atoms with E-state index in [2.05, 4.69) is 15.9 Å². The number of rotatable bonds is 5. The van der Waals surface area contributed by atoms with Gasteiger partial charge in [-0.05, 0) is 34.1 Å². The fraction of sp³-hybridized carbons (Fsp3) is 0.333. The van der Waals surface area contributed by atoms with E-state index in [1.807, 2.05) is 0 Å². The summed E-state index contributed by atoms with van der Waals surface area (Å²) in [5.74, 6) is -1.02. The molecule has 1 N–H and O–H groups in total. The standard InChI is InChI=1S/C12H14BrNO4S/c1-14(2)11(15)5-6-19(18)8-3-4-10(13)9(7-8)12(16)17/h3-4,7H,5-6H2,1-2H3,(H,16,17). The fourth-order valence-corrected chi connectivity index (χ4v) is 2.81. The van der Waals surface area contributed by atoms with Crippen LogP contribution in [0.15, 0.2) is 27.6 Å². The Bertz CT molecular complexity index is 530. The van der Waals surface area contributed by atoms with Crippen molar-refractivity contribution in [3.8, 4) is 0 Å². The normalized spacial score (nSPS) is 11.9. The number of halogens is 1. The lowest BCUT2D eigenvalue weighted by Crippen LogP contribution is -2.23. The maximum atomic E-state index is 12.0. The molecule has 0 heterocycles. The van der Waals surface area contributed by atoms with E-state index in [0.717, 1.165) is 0 Å². The quantitative estimate of drug-likeness (QED) is 0.880. The summed E-state index contributed by atoms with van der Waals surface area (Å²) in [5, 5.41) is 8.97. The predicted octanol–water partition coefficient (Wildman–Crippen LogP) is 1.73. The Kier molecular flexibility index (Phi) is 5.68. The second-order valence-corrected chi connectivity index (χ2v) is 6.46. The van der Waals surface area contributed by atoms with E-state index in [1.165, 1.54) is 11.0 Å². The molecule has 7 heteroatoms. The zero-order chi connectivity index (χ0) is 14.6. The van der Waals surface area contributed by atoms with Gasteiger partial charge in [0.25, 0.3) is 0 Å². The monoisotopic (exact) mass is 347 g/mol. The van der Waals surface area contributed by atoms with Crippen molar-refractivity contribution in [3.63, 3.8) is 0 Å². The molecular weight excluding hydrogens is 334 g/mol. The first-order valence-electron chi connectivity index (χ1n) is 5.44. The molecule has 0 bridgehead atoms. The summed E-state index contributed by atoms with van der Waals surface area (Å²) in [6, 6.07) is 4.50. The highest BCUT2D eigenvalue weighted by atomic mass is 79.9. The Labute approximate surface area is 122 Å². The first-order valence-corrected chi connectivity index (χ1v) is 7.55. The number of nitrogens with zero attached hydrogens (tertiary/aromatic N) is 1. The van der Waals surface area contributed by atoms with Gasteiger partial charge in [-0.25, -0.2) is 4.79 Å². The molecule has 5 nitrogen and oxygen atoms in total. The maximum Gasteiger partial charge on any atom is 0.336 e. The summed E-state index contributed by atoms with van der Waals surface area (Å²) < 4.78 is 12.4. The minimum atomic E-state index is -1.39. The zero-order valence-electron chi connectivity index (χ0n) is 10.6. The molecule has 0 radical (unpaired) electrons. The van der Waals surface area contributed by atoms with Crippen LogP contribution in [-0.2, 0) is 15.6 Å². The van der Waals surface area contributed by atoms with E-state index in [4.69, 9.17) is 5.11 Å². The summed E-state index contributed by atoms with van der Waals surface area (Å²) in [7, 11) is 1.88. The first kappa shape index (κ1) is 15.8. The minimum absolute atomic E-state index is 0.0600. The van der Waals surface area contributed by atoms with Crippen molar-refractivity contribution in [3.05, 3.63) is 28.2 Å². The number of carbonyl (C=O) groups is 2. The topological polar surface area (TPSA) is 74.7 Å². The van der Waals surface area contributed by atoms with Gasteiger partial charge in [0.1, 0.15) is 0 Å². The van der Waals surface area contributed by atoms with Gasteiger partial charge in [0.05, 0.1) is 16.4 Å². The summed E-state index contributed by atoms with van der Waals surface area (Å²) in [5.41, 5.74) is 0.0600. The molecule has 0 aromatic heterocycles. The van der Waals surface area contributed by atoms with E-state index in [0.29, 0.717) is 9.37 Å². The van der Waals surface area contributed by atoms with Crippen LogP contribution >= 0.6 is 15.9 Å². The van der Waals surface area contributed by atoms with Gasteiger partial charge in [-0.15, -0.1) is 0 Å². The third-order valence-electron chi connectivity index (χ3n) is 2.43. The van der Waals surface area contributed by atoms with Crippen molar-refractivity contribution in [2.24, 2.45) is 0 Å². The van der Waals surface area contributed by atoms with Crippen molar-refractivity contribution in [2.45, 2.75) is 11.3 Å². The molecule has 0 spiro atoms. The fourth-order valence-electron chi connectivity index (χ4n) is 1.33. The number of benzene rings is 1. The van der Waals surface area contributed by atoms with Gasteiger partial charge in [0.15, 0.2) is 0 Å². The third-order valence-corrected chi connectivity index (χ3v) is 4.48. The second-order valence-electron chi connectivity index (χ2n) is 4.03. The molecular formula is C12H14BrNO4S. The Morgan fingerprint density at radius 3 is 2.53 bits per heavy atom. The van der Waals surface area contributed by atoms with E-state index >= 15 is 0 Å². The largest absolute Gasteiger partial charge is 0.478 e. The molecule has 0 fully saturated rings. The van der Waals surface area contributed by atoms with Crippen molar-refractivity contribution in [2.75, 3.05) is 19.8 Å². The van der Waals surface area contributed by atoms with Crippen molar-refractivity contribution >= 4 is 38.6 Å². The van der Waals surface area contributed by atoms with Crippen molar-refractivity contribution in [1.82, 2.24) is 4.90 Å². The second kappa shape index (κ2) is 6.81. The highest BCUT2D eigenvalue weighted by Crippen LogP contribution is 2.20. The number of carbonyl (C=O) groups excluding carboxylic acids is 1. The van der Waals surface area contributed by atoms with E-state index in [1.54, 1.807) is 26.2 Å². The SMILES string of the molecule is CN(C)C(=O)CCS(=O)c1ccc(Br)c(C(=O)O)c1. The molecule has 1 unspecified atom stereocenters. The molecule has 0 aliphatic carbocycles. The molecule has 1 amide bonds. The zero-order valence-corrected chi connectivity index (χ0v) is 13.0. The highest BCUT2D eigenvalue weighted by Gasteiger charge is 2.13. The molecule has 1 atom stereocenters. The third kappa shape index (κ3) is 4.43. The summed E-state index contributed by atoms with van der Waals surface area (Å²) in [6.45, 7) is 0. The molecule has 19 heavy (non-hydrogen) atoms. The number of hydrogen-bond donors (Lipinski definition) is 1. The number of aromatic carboxylic acids is 1. The van der Waals surface area contributed by atoms with Gasteiger partial charge in [0.2, 0.25) is 5.91 Å². The van der Waals surface area contributed by atoms with Crippen LogP contribution in [0.25, 0.3) is 0 Å². The number of amides is 1. The lowest BCUT2D eigenvalue weighted by Gasteiger charge is -2.10. The van der Waals surface area contributed by atoms with Gasteiger partial charge in [-0.1, -0.05) is 0 Å². The van der Waals surface area contributed by atoms with Crippen LogP contribution in [0.5, 0.6) is 0 Å². The molecule has 0 aliphatic heterocycles. The Morgan fingerprint density at radius 2 is 2.00 bits per heavy atom. The average Bonchev–Trinajstić information content (AvgIpc) is 2.35. The predicted molar refractivity (Wildman–Crippen MR) is 75.7 cm³/mol. The van der Waals surface area contributed by atoms with Gasteiger partial charge in [0, 0.05) is 35.6 Å². The summed E-state index contributed by atoms with van der Waals surface area (Å²) in [6.07, 6.45) is 0.165. The average molecular weight is 348 g/mol.